The van der Waals surface area contributed by atoms with Gasteiger partial charge in [-0.15, -0.1) is 0 Å². The van der Waals surface area contributed by atoms with Gasteiger partial charge in [-0.05, 0) is 6.92 Å². The predicted molar refractivity (Wildman–Crippen MR) is 78.4 cm³/mol. The highest BCUT2D eigenvalue weighted by atomic mass is 28.4. The van der Waals surface area contributed by atoms with E-state index in [0.29, 0.717) is 5.57 Å². The summed E-state index contributed by atoms with van der Waals surface area (Å²) in [4.78, 5) is 22.6. The lowest BCUT2D eigenvalue weighted by Crippen LogP contribution is -2.53. The number of rotatable bonds is 11. The normalized spacial score (nSPS) is 11.0. The molecule has 0 aromatic carbocycles. The van der Waals surface area contributed by atoms with Crippen LogP contribution >= 0.6 is 0 Å². The van der Waals surface area contributed by atoms with Crippen molar-refractivity contribution < 1.29 is 27.6 Å². The molecule has 0 rings (SSSR count). The Morgan fingerprint density at radius 2 is 1.71 bits per heavy atom. The molecule has 0 fully saturated rings. The first kappa shape index (κ1) is 19.7. The molecule has 0 unspecified atom stereocenters. The second kappa shape index (κ2) is 10.5. The summed E-state index contributed by atoms with van der Waals surface area (Å²) in [5.41, 5.74) is 0.406. The zero-order valence-corrected chi connectivity index (χ0v) is 14.0. The van der Waals surface area contributed by atoms with E-state index in [4.69, 9.17) is 18.0 Å². The van der Waals surface area contributed by atoms with Crippen LogP contribution in [-0.2, 0) is 27.6 Å². The van der Waals surface area contributed by atoms with E-state index in [0.717, 1.165) is 0 Å². The molecule has 21 heavy (non-hydrogen) atoms. The molecule has 0 saturated heterocycles. The average Bonchev–Trinajstić information content (AvgIpc) is 2.48. The molecule has 0 radical (unpaired) electrons. The largest absolute Gasteiger partial charge is 0.514 e. The van der Waals surface area contributed by atoms with Crippen molar-refractivity contribution in [2.45, 2.75) is 6.92 Å². The molecular weight excluding hydrogens is 296 g/mol. The molecule has 0 spiro atoms. The molecule has 8 nitrogen and oxygen atoms in total. The molecule has 122 valence electrons. The first-order valence-electron chi connectivity index (χ1n) is 6.36. The number of nitrogens with one attached hydrogen (secondary N) is 2. The van der Waals surface area contributed by atoms with E-state index in [-0.39, 0.29) is 31.8 Å². The van der Waals surface area contributed by atoms with Crippen molar-refractivity contribution in [3.8, 4) is 0 Å². The summed E-state index contributed by atoms with van der Waals surface area (Å²) in [6, 6.07) is 0. The number of carbonyl (C=O) groups is 2. The fourth-order valence-electron chi connectivity index (χ4n) is 1.32. The maximum atomic E-state index is 11.5. The van der Waals surface area contributed by atoms with Gasteiger partial charge in [0.1, 0.15) is 6.61 Å². The number of ether oxygens (including phenoxy) is 1. The van der Waals surface area contributed by atoms with E-state index in [1.54, 1.807) is 6.92 Å². The van der Waals surface area contributed by atoms with Gasteiger partial charge in [-0.25, -0.2) is 0 Å². The van der Waals surface area contributed by atoms with E-state index in [9.17, 15) is 9.59 Å². The number of esters is 1. The molecular formula is C12H24N2O6Si. The highest BCUT2D eigenvalue weighted by Crippen LogP contribution is 2.03. The lowest BCUT2D eigenvalue weighted by atomic mass is 10.3. The van der Waals surface area contributed by atoms with Crippen molar-refractivity contribution in [3.63, 3.8) is 0 Å². The average molecular weight is 320 g/mol. The Hall–Kier alpha value is -1.26. The van der Waals surface area contributed by atoms with E-state index in [1.165, 1.54) is 21.3 Å². The summed E-state index contributed by atoms with van der Waals surface area (Å²) in [5, 5.41) is 5.41. The second-order valence-electron chi connectivity index (χ2n) is 4.16. The van der Waals surface area contributed by atoms with E-state index in [2.05, 4.69) is 17.2 Å². The van der Waals surface area contributed by atoms with E-state index in [1.807, 2.05) is 0 Å². The zero-order chi connectivity index (χ0) is 16.3. The SMILES string of the molecule is C=C(C)C(=O)NCCOC(=O)CNC[Si](OC)(OC)OC. The van der Waals surface area contributed by atoms with Crippen LogP contribution in [0.4, 0.5) is 0 Å². The Morgan fingerprint density at radius 3 is 2.19 bits per heavy atom. The van der Waals surface area contributed by atoms with Crippen LogP contribution in [0, 0.1) is 0 Å². The minimum atomic E-state index is -2.74. The summed E-state index contributed by atoms with van der Waals surface area (Å²) >= 11 is 0. The highest BCUT2D eigenvalue weighted by Gasteiger charge is 2.37. The van der Waals surface area contributed by atoms with Crippen molar-refractivity contribution >= 4 is 20.7 Å². The molecule has 0 saturated carbocycles. The molecule has 0 heterocycles. The lowest BCUT2D eigenvalue weighted by Gasteiger charge is -2.24. The van der Waals surface area contributed by atoms with Gasteiger partial charge in [-0.3, -0.25) is 9.59 Å². The van der Waals surface area contributed by atoms with Crippen molar-refractivity contribution in [3.05, 3.63) is 12.2 Å². The Balaban J connectivity index is 3.81. The van der Waals surface area contributed by atoms with Gasteiger partial charge < -0.3 is 28.6 Å². The molecule has 2 N–H and O–H groups in total. The topological polar surface area (TPSA) is 95.1 Å². The van der Waals surface area contributed by atoms with Crippen molar-refractivity contribution in [2.24, 2.45) is 0 Å². The van der Waals surface area contributed by atoms with Gasteiger partial charge in [0.15, 0.2) is 0 Å². The third-order valence-electron chi connectivity index (χ3n) is 2.58. The Morgan fingerprint density at radius 1 is 1.14 bits per heavy atom. The van der Waals surface area contributed by atoms with Crippen LogP contribution < -0.4 is 10.6 Å². The molecule has 0 aliphatic heterocycles. The Labute approximate surface area is 126 Å². The standard InChI is InChI=1S/C12H24N2O6Si/c1-10(2)12(16)14-6-7-20-11(15)8-13-9-21(17-3,18-4)19-5/h13H,1,6-9H2,2-5H3,(H,14,16). The van der Waals surface area contributed by atoms with Crippen LogP contribution in [0.1, 0.15) is 6.92 Å². The van der Waals surface area contributed by atoms with Crippen LogP contribution in [0.3, 0.4) is 0 Å². The number of carbonyl (C=O) groups excluding carboxylic acids is 2. The molecule has 0 bridgehead atoms. The van der Waals surface area contributed by atoms with Crippen molar-refractivity contribution in [1.29, 1.82) is 0 Å². The number of hydrogen-bond acceptors (Lipinski definition) is 7. The predicted octanol–water partition coefficient (Wildman–Crippen LogP) is -0.771. The van der Waals surface area contributed by atoms with Crippen molar-refractivity contribution in [2.75, 3.05) is 47.2 Å². The first-order valence-corrected chi connectivity index (χ1v) is 8.29. The van der Waals surface area contributed by atoms with Crippen LogP contribution in [-0.4, -0.2) is 67.9 Å². The molecule has 0 aromatic heterocycles. The van der Waals surface area contributed by atoms with Crippen LogP contribution in [0.25, 0.3) is 0 Å². The first-order chi connectivity index (χ1) is 9.90. The molecule has 0 aliphatic rings. The maximum Gasteiger partial charge on any atom is 0.514 e. The molecule has 0 aliphatic carbocycles. The van der Waals surface area contributed by atoms with E-state index >= 15 is 0 Å². The third-order valence-corrected chi connectivity index (χ3v) is 5.13. The van der Waals surface area contributed by atoms with Gasteiger partial charge in [0.25, 0.3) is 0 Å². The van der Waals surface area contributed by atoms with E-state index < -0.39 is 14.8 Å². The quantitative estimate of drug-likeness (QED) is 0.223. The number of hydrogen-bond donors (Lipinski definition) is 2. The highest BCUT2D eigenvalue weighted by molar-refractivity contribution is 6.60. The molecule has 0 aromatic rings. The van der Waals surface area contributed by atoms with Gasteiger partial charge in [0, 0.05) is 26.9 Å². The third kappa shape index (κ3) is 7.92. The summed E-state index contributed by atoms with van der Waals surface area (Å²) in [7, 11) is 1.73. The van der Waals surface area contributed by atoms with Gasteiger partial charge in [0.2, 0.25) is 5.91 Å². The zero-order valence-electron chi connectivity index (χ0n) is 13.0. The molecule has 0 atom stereocenters. The Kier molecular flexibility index (Phi) is 9.83. The van der Waals surface area contributed by atoms with Crippen molar-refractivity contribution in [1.82, 2.24) is 10.6 Å². The minimum absolute atomic E-state index is 0.000732. The fourth-order valence-corrected chi connectivity index (χ4v) is 2.68. The van der Waals surface area contributed by atoms with Gasteiger partial charge in [-0.2, -0.15) is 0 Å². The Bertz CT molecular complexity index is 351. The second-order valence-corrected chi connectivity index (χ2v) is 7.10. The fraction of sp³-hybridized carbons (Fsp3) is 0.667. The van der Waals surface area contributed by atoms with Gasteiger partial charge in [0.05, 0.1) is 19.3 Å². The van der Waals surface area contributed by atoms with Gasteiger partial charge >= 0.3 is 14.8 Å². The minimum Gasteiger partial charge on any atom is -0.463 e. The smallest absolute Gasteiger partial charge is 0.463 e. The number of amides is 1. The van der Waals surface area contributed by atoms with Gasteiger partial charge in [-0.1, -0.05) is 6.58 Å². The molecule has 9 heteroatoms. The summed E-state index contributed by atoms with van der Waals surface area (Å²) in [6.45, 7) is 5.43. The summed E-state index contributed by atoms with van der Waals surface area (Å²) in [6.07, 6.45) is 0.290. The maximum absolute atomic E-state index is 11.5. The summed E-state index contributed by atoms with van der Waals surface area (Å²) < 4.78 is 20.5. The monoisotopic (exact) mass is 320 g/mol. The van der Waals surface area contributed by atoms with Crippen LogP contribution in [0.5, 0.6) is 0 Å². The summed E-state index contributed by atoms with van der Waals surface area (Å²) in [5.74, 6) is -0.703. The van der Waals surface area contributed by atoms with Crippen LogP contribution in [0.15, 0.2) is 12.2 Å². The lowest BCUT2D eigenvalue weighted by molar-refractivity contribution is -0.142. The van der Waals surface area contributed by atoms with Crippen LogP contribution in [0.2, 0.25) is 0 Å². The molecule has 1 amide bonds.